The summed E-state index contributed by atoms with van der Waals surface area (Å²) >= 11 is 6.00. The fraction of sp³-hybridized carbons (Fsp3) is 0.294. The lowest BCUT2D eigenvalue weighted by atomic mass is 10.1. The molecule has 1 heterocycles. The molecule has 0 aliphatic carbocycles. The van der Waals surface area contributed by atoms with Crippen molar-refractivity contribution in [1.29, 1.82) is 0 Å². The smallest absolute Gasteiger partial charge is 0.255 e. The molecule has 0 spiro atoms. The molecule has 110 valence electrons. The monoisotopic (exact) mass is 302 g/mol. The predicted octanol–water partition coefficient (Wildman–Crippen LogP) is 4.73. The Morgan fingerprint density at radius 2 is 1.90 bits per heavy atom. The zero-order chi connectivity index (χ0) is 15.6. The number of nitrogens with one attached hydrogen (secondary N) is 1. The maximum absolute atomic E-state index is 12.4. The largest absolute Gasteiger partial charge is 0.322 e. The molecule has 0 aliphatic heterocycles. The van der Waals surface area contributed by atoms with Crippen molar-refractivity contribution in [2.24, 2.45) is 0 Å². The summed E-state index contributed by atoms with van der Waals surface area (Å²) in [6.07, 6.45) is 0. The van der Waals surface area contributed by atoms with E-state index in [4.69, 9.17) is 11.6 Å². The fourth-order valence-corrected chi connectivity index (χ4v) is 2.31. The second kappa shape index (κ2) is 6.27. The highest BCUT2D eigenvalue weighted by molar-refractivity contribution is 6.29. The molecule has 2 aromatic rings. The zero-order valence-electron chi connectivity index (χ0n) is 12.7. The summed E-state index contributed by atoms with van der Waals surface area (Å²) < 4.78 is 0. The maximum Gasteiger partial charge on any atom is 0.255 e. The van der Waals surface area contributed by atoms with E-state index >= 15 is 0 Å². The molecule has 1 amide bonds. The van der Waals surface area contributed by atoms with E-state index in [-0.39, 0.29) is 11.8 Å². The molecule has 3 nitrogen and oxygen atoms in total. The second-order valence-corrected chi connectivity index (χ2v) is 5.92. The summed E-state index contributed by atoms with van der Waals surface area (Å²) in [5.41, 5.74) is 4.35. The summed E-state index contributed by atoms with van der Waals surface area (Å²) in [5, 5.41) is 3.26. The molecule has 4 heteroatoms. The van der Waals surface area contributed by atoms with Crippen LogP contribution in [0.3, 0.4) is 0 Å². The molecule has 0 unspecified atom stereocenters. The van der Waals surface area contributed by atoms with Crippen LogP contribution in [0.25, 0.3) is 0 Å². The first-order valence-electron chi connectivity index (χ1n) is 6.93. The number of nitrogens with zero attached hydrogens (tertiary/aromatic N) is 1. The number of pyridine rings is 1. The Bertz CT molecular complexity index is 680. The van der Waals surface area contributed by atoms with E-state index < -0.39 is 0 Å². The van der Waals surface area contributed by atoms with Crippen molar-refractivity contribution in [3.05, 3.63) is 57.9 Å². The van der Waals surface area contributed by atoms with Crippen LogP contribution in [0.2, 0.25) is 5.15 Å². The van der Waals surface area contributed by atoms with Crippen molar-refractivity contribution < 1.29 is 4.79 Å². The van der Waals surface area contributed by atoms with Gasteiger partial charge >= 0.3 is 0 Å². The predicted molar refractivity (Wildman–Crippen MR) is 87.2 cm³/mol. The third kappa shape index (κ3) is 3.82. The first kappa shape index (κ1) is 15.5. The minimum Gasteiger partial charge on any atom is -0.322 e. The van der Waals surface area contributed by atoms with E-state index in [2.05, 4.69) is 10.3 Å². The van der Waals surface area contributed by atoms with E-state index in [9.17, 15) is 4.79 Å². The highest BCUT2D eigenvalue weighted by Crippen LogP contribution is 2.20. The highest BCUT2D eigenvalue weighted by Gasteiger charge is 2.12. The number of rotatable bonds is 3. The highest BCUT2D eigenvalue weighted by atomic mass is 35.5. The van der Waals surface area contributed by atoms with E-state index in [0.29, 0.717) is 10.7 Å². The number of aryl methyl sites for hydroxylation is 2. The van der Waals surface area contributed by atoms with Gasteiger partial charge in [-0.15, -0.1) is 0 Å². The van der Waals surface area contributed by atoms with Gasteiger partial charge < -0.3 is 5.32 Å². The van der Waals surface area contributed by atoms with Gasteiger partial charge in [-0.3, -0.25) is 4.79 Å². The van der Waals surface area contributed by atoms with Gasteiger partial charge in [-0.25, -0.2) is 4.98 Å². The molecular weight excluding hydrogens is 284 g/mol. The van der Waals surface area contributed by atoms with Crippen LogP contribution < -0.4 is 5.32 Å². The number of hydrogen-bond donors (Lipinski definition) is 1. The molecule has 2 rings (SSSR count). The van der Waals surface area contributed by atoms with Crippen LogP contribution in [0.4, 0.5) is 5.69 Å². The van der Waals surface area contributed by atoms with Gasteiger partial charge in [-0.2, -0.15) is 0 Å². The Balaban J connectivity index is 2.28. The molecule has 0 bridgehead atoms. The van der Waals surface area contributed by atoms with Crippen LogP contribution >= 0.6 is 11.6 Å². The summed E-state index contributed by atoms with van der Waals surface area (Å²) in [6, 6.07) is 9.30. The van der Waals surface area contributed by atoms with Gasteiger partial charge in [0, 0.05) is 16.9 Å². The van der Waals surface area contributed by atoms with Crippen LogP contribution in [0, 0.1) is 13.8 Å². The van der Waals surface area contributed by atoms with Crippen LogP contribution in [-0.2, 0) is 0 Å². The average molecular weight is 303 g/mol. The molecule has 0 saturated heterocycles. The molecule has 21 heavy (non-hydrogen) atoms. The molecule has 0 fully saturated rings. The molecule has 0 aliphatic rings. The SMILES string of the molecule is Cc1ccc(NC(=O)c2cc(Cl)nc(C(C)C)c2)c(C)c1. The summed E-state index contributed by atoms with van der Waals surface area (Å²) in [5.74, 6) is 0.0458. The molecule has 1 N–H and O–H groups in total. The van der Waals surface area contributed by atoms with Gasteiger partial charge in [0.1, 0.15) is 5.15 Å². The minimum atomic E-state index is -0.173. The molecule has 0 atom stereocenters. The van der Waals surface area contributed by atoms with E-state index in [1.807, 2.05) is 45.9 Å². The summed E-state index contributed by atoms with van der Waals surface area (Å²) in [6.45, 7) is 8.03. The number of carbonyl (C=O) groups excluding carboxylic acids is 1. The van der Waals surface area contributed by atoms with Crippen molar-refractivity contribution >= 4 is 23.2 Å². The van der Waals surface area contributed by atoms with Gasteiger partial charge in [-0.05, 0) is 43.5 Å². The molecular formula is C17H19ClN2O. The maximum atomic E-state index is 12.4. The average Bonchev–Trinajstić information content (AvgIpc) is 2.41. The second-order valence-electron chi connectivity index (χ2n) is 5.53. The Morgan fingerprint density at radius 1 is 1.19 bits per heavy atom. The molecule has 0 saturated carbocycles. The van der Waals surface area contributed by atoms with Crippen molar-refractivity contribution in [2.45, 2.75) is 33.6 Å². The van der Waals surface area contributed by atoms with Crippen molar-refractivity contribution in [3.63, 3.8) is 0 Å². The topological polar surface area (TPSA) is 42.0 Å². The van der Waals surface area contributed by atoms with Crippen LogP contribution in [0.15, 0.2) is 30.3 Å². The van der Waals surface area contributed by atoms with E-state index in [1.54, 1.807) is 12.1 Å². The zero-order valence-corrected chi connectivity index (χ0v) is 13.5. The summed E-state index contributed by atoms with van der Waals surface area (Å²) in [7, 11) is 0. The third-order valence-electron chi connectivity index (χ3n) is 3.30. The number of carbonyl (C=O) groups is 1. The Morgan fingerprint density at radius 3 is 2.52 bits per heavy atom. The first-order chi connectivity index (χ1) is 9.86. The lowest BCUT2D eigenvalue weighted by Gasteiger charge is -2.11. The van der Waals surface area contributed by atoms with Gasteiger partial charge in [0.25, 0.3) is 5.91 Å². The molecule has 1 aromatic heterocycles. The summed E-state index contributed by atoms with van der Waals surface area (Å²) in [4.78, 5) is 16.6. The van der Waals surface area contributed by atoms with Crippen LogP contribution in [0.1, 0.15) is 46.9 Å². The normalized spacial score (nSPS) is 10.8. The lowest BCUT2D eigenvalue weighted by Crippen LogP contribution is -2.14. The number of halogens is 1. The van der Waals surface area contributed by atoms with Gasteiger partial charge in [-0.1, -0.05) is 43.1 Å². The Kier molecular flexibility index (Phi) is 4.63. The van der Waals surface area contributed by atoms with Crippen LogP contribution in [0.5, 0.6) is 0 Å². The van der Waals surface area contributed by atoms with Gasteiger partial charge in [0.05, 0.1) is 0 Å². The van der Waals surface area contributed by atoms with E-state index in [0.717, 1.165) is 16.9 Å². The van der Waals surface area contributed by atoms with Gasteiger partial charge in [0.2, 0.25) is 0 Å². The number of benzene rings is 1. The number of hydrogen-bond acceptors (Lipinski definition) is 2. The Labute approximate surface area is 130 Å². The number of anilines is 1. The lowest BCUT2D eigenvalue weighted by molar-refractivity contribution is 0.102. The number of aromatic nitrogens is 1. The standard InChI is InChI=1S/C17H19ClN2O/c1-10(2)15-8-13(9-16(18)19-15)17(21)20-14-6-5-11(3)7-12(14)4/h5-10H,1-4H3,(H,20,21). The minimum absolute atomic E-state index is 0.173. The van der Waals surface area contributed by atoms with E-state index in [1.165, 1.54) is 5.56 Å². The van der Waals surface area contributed by atoms with Gasteiger partial charge in [0.15, 0.2) is 0 Å². The Hall–Kier alpha value is -1.87. The third-order valence-corrected chi connectivity index (χ3v) is 3.49. The quantitative estimate of drug-likeness (QED) is 0.833. The fourth-order valence-electron chi connectivity index (χ4n) is 2.09. The molecule has 1 aromatic carbocycles. The van der Waals surface area contributed by atoms with Crippen LogP contribution in [-0.4, -0.2) is 10.9 Å². The molecule has 0 radical (unpaired) electrons. The number of amides is 1. The first-order valence-corrected chi connectivity index (χ1v) is 7.30. The van der Waals surface area contributed by atoms with Crippen molar-refractivity contribution in [2.75, 3.05) is 5.32 Å². The van der Waals surface area contributed by atoms with Crippen molar-refractivity contribution in [3.8, 4) is 0 Å². The van der Waals surface area contributed by atoms with Crippen molar-refractivity contribution in [1.82, 2.24) is 4.98 Å².